The van der Waals surface area contributed by atoms with Crippen LogP contribution in [0.3, 0.4) is 0 Å². The topological polar surface area (TPSA) is 60.9 Å². The monoisotopic (exact) mass is 229 g/mol. The SMILES string of the molecule is O[C@@H]1Cc2ccccc2[C@@H]1NCc1ncc[nH]1. The summed E-state index contributed by atoms with van der Waals surface area (Å²) in [6, 6.07) is 8.19. The molecule has 1 aliphatic carbocycles. The molecule has 0 saturated carbocycles. The number of aliphatic hydroxyl groups excluding tert-OH is 1. The molecule has 2 atom stereocenters. The van der Waals surface area contributed by atoms with Gasteiger partial charge in [-0.05, 0) is 11.1 Å². The van der Waals surface area contributed by atoms with Crippen LogP contribution in [-0.2, 0) is 13.0 Å². The van der Waals surface area contributed by atoms with Gasteiger partial charge >= 0.3 is 0 Å². The number of H-pyrrole nitrogens is 1. The van der Waals surface area contributed by atoms with Crippen LogP contribution in [0.5, 0.6) is 0 Å². The Hall–Kier alpha value is -1.65. The summed E-state index contributed by atoms with van der Waals surface area (Å²) in [5.41, 5.74) is 2.43. The summed E-state index contributed by atoms with van der Waals surface area (Å²) in [5, 5.41) is 13.4. The van der Waals surface area contributed by atoms with Gasteiger partial charge in [0.15, 0.2) is 0 Å². The Morgan fingerprint density at radius 1 is 1.41 bits per heavy atom. The summed E-state index contributed by atoms with van der Waals surface area (Å²) in [6.45, 7) is 0.642. The van der Waals surface area contributed by atoms with E-state index in [4.69, 9.17) is 0 Å². The number of imidazole rings is 1. The first-order valence-corrected chi connectivity index (χ1v) is 5.82. The normalized spacial score (nSPS) is 22.6. The smallest absolute Gasteiger partial charge is 0.120 e. The molecule has 0 fully saturated rings. The van der Waals surface area contributed by atoms with Crippen molar-refractivity contribution >= 4 is 0 Å². The first-order chi connectivity index (χ1) is 8.34. The maximum Gasteiger partial charge on any atom is 0.120 e. The fourth-order valence-corrected chi connectivity index (χ4v) is 2.42. The molecule has 3 rings (SSSR count). The second kappa shape index (κ2) is 4.31. The van der Waals surface area contributed by atoms with E-state index in [0.717, 1.165) is 12.2 Å². The van der Waals surface area contributed by atoms with Gasteiger partial charge in [0, 0.05) is 18.8 Å². The number of nitrogens with one attached hydrogen (secondary N) is 2. The van der Waals surface area contributed by atoms with E-state index in [9.17, 15) is 5.11 Å². The molecule has 1 aromatic carbocycles. The molecule has 17 heavy (non-hydrogen) atoms. The molecule has 0 amide bonds. The zero-order valence-corrected chi connectivity index (χ0v) is 9.43. The summed E-state index contributed by atoms with van der Waals surface area (Å²) < 4.78 is 0. The van der Waals surface area contributed by atoms with Crippen LogP contribution >= 0.6 is 0 Å². The van der Waals surface area contributed by atoms with Gasteiger partial charge in [0.2, 0.25) is 0 Å². The lowest BCUT2D eigenvalue weighted by atomic mass is 10.1. The van der Waals surface area contributed by atoms with Gasteiger partial charge < -0.3 is 15.4 Å². The molecule has 1 aromatic heterocycles. The first kappa shape index (κ1) is 10.5. The van der Waals surface area contributed by atoms with E-state index >= 15 is 0 Å². The Morgan fingerprint density at radius 2 is 2.29 bits per heavy atom. The molecule has 4 nitrogen and oxygen atoms in total. The number of rotatable bonds is 3. The predicted octanol–water partition coefficient (Wildman–Crippen LogP) is 1.16. The summed E-state index contributed by atoms with van der Waals surface area (Å²) in [5.74, 6) is 0.890. The van der Waals surface area contributed by atoms with Gasteiger partial charge in [-0.25, -0.2) is 4.98 Å². The summed E-state index contributed by atoms with van der Waals surface area (Å²) in [6.07, 6.45) is 3.92. The Bertz CT molecular complexity index is 495. The average Bonchev–Trinajstić information content (AvgIpc) is 2.93. The van der Waals surface area contributed by atoms with Crippen LogP contribution in [0.1, 0.15) is 23.0 Å². The summed E-state index contributed by atoms with van der Waals surface area (Å²) in [7, 11) is 0. The number of nitrogens with zero attached hydrogens (tertiary/aromatic N) is 1. The van der Waals surface area contributed by atoms with E-state index in [2.05, 4.69) is 27.4 Å². The summed E-state index contributed by atoms with van der Waals surface area (Å²) in [4.78, 5) is 7.20. The van der Waals surface area contributed by atoms with Crippen molar-refractivity contribution in [2.45, 2.75) is 25.1 Å². The van der Waals surface area contributed by atoms with Crippen LogP contribution in [0.15, 0.2) is 36.7 Å². The molecule has 3 N–H and O–H groups in total. The van der Waals surface area contributed by atoms with Crippen LogP contribution < -0.4 is 5.32 Å². The molecule has 0 aliphatic heterocycles. The third-order valence-electron chi connectivity index (χ3n) is 3.25. The Kier molecular flexibility index (Phi) is 2.66. The number of benzene rings is 1. The van der Waals surface area contributed by atoms with Crippen molar-refractivity contribution in [3.05, 3.63) is 53.6 Å². The highest BCUT2D eigenvalue weighted by Gasteiger charge is 2.30. The van der Waals surface area contributed by atoms with Crippen molar-refractivity contribution < 1.29 is 5.11 Å². The minimum absolute atomic E-state index is 0.0105. The molecule has 0 spiro atoms. The van der Waals surface area contributed by atoms with Crippen LogP contribution in [0.4, 0.5) is 0 Å². The number of hydrogen-bond donors (Lipinski definition) is 3. The second-order valence-corrected chi connectivity index (χ2v) is 4.36. The van der Waals surface area contributed by atoms with Gasteiger partial charge in [0.1, 0.15) is 5.82 Å². The van der Waals surface area contributed by atoms with E-state index < -0.39 is 0 Å². The van der Waals surface area contributed by atoms with Crippen LogP contribution in [0.2, 0.25) is 0 Å². The molecular formula is C13H15N3O. The third-order valence-corrected chi connectivity index (χ3v) is 3.25. The second-order valence-electron chi connectivity index (χ2n) is 4.36. The van der Waals surface area contributed by atoms with Gasteiger partial charge in [-0.2, -0.15) is 0 Å². The van der Waals surface area contributed by atoms with E-state index in [1.54, 1.807) is 12.4 Å². The average molecular weight is 229 g/mol. The van der Waals surface area contributed by atoms with E-state index in [1.165, 1.54) is 11.1 Å². The molecule has 88 valence electrons. The molecular weight excluding hydrogens is 214 g/mol. The van der Waals surface area contributed by atoms with Crippen LogP contribution in [-0.4, -0.2) is 21.2 Å². The largest absolute Gasteiger partial charge is 0.391 e. The zero-order valence-electron chi connectivity index (χ0n) is 9.43. The highest BCUT2D eigenvalue weighted by atomic mass is 16.3. The number of aromatic nitrogens is 2. The molecule has 0 saturated heterocycles. The fraction of sp³-hybridized carbons (Fsp3) is 0.308. The third kappa shape index (κ3) is 1.97. The minimum atomic E-state index is -0.345. The van der Waals surface area contributed by atoms with Crippen LogP contribution in [0.25, 0.3) is 0 Å². The molecule has 0 unspecified atom stereocenters. The molecule has 1 heterocycles. The van der Waals surface area contributed by atoms with Crippen molar-refractivity contribution in [1.29, 1.82) is 0 Å². The number of aliphatic hydroxyl groups is 1. The van der Waals surface area contributed by atoms with Gasteiger partial charge in [-0.15, -0.1) is 0 Å². The van der Waals surface area contributed by atoms with E-state index in [0.29, 0.717) is 6.54 Å². The van der Waals surface area contributed by atoms with Crippen molar-refractivity contribution in [2.75, 3.05) is 0 Å². The molecule has 2 aromatic rings. The molecule has 0 radical (unpaired) electrons. The lowest BCUT2D eigenvalue weighted by molar-refractivity contribution is 0.140. The number of aromatic amines is 1. The summed E-state index contributed by atoms with van der Waals surface area (Å²) >= 11 is 0. The van der Waals surface area contributed by atoms with Gasteiger partial charge in [0.05, 0.1) is 18.7 Å². The highest BCUT2D eigenvalue weighted by Crippen LogP contribution is 2.31. The van der Waals surface area contributed by atoms with Gasteiger partial charge in [-0.1, -0.05) is 24.3 Å². The first-order valence-electron chi connectivity index (χ1n) is 5.82. The quantitative estimate of drug-likeness (QED) is 0.740. The lowest BCUT2D eigenvalue weighted by Gasteiger charge is -2.17. The van der Waals surface area contributed by atoms with Gasteiger partial charge in [0.25, 0.3) is 0 Å². The maximum absolute atomic E-state index is 10.0. The standard InChI is InChI=1S/C13H15N3O/c17-11-7-9-3-1-2-4-10(9)13(11)16-8-12-14-5-6-15-12/h1-6,11,13,16-17H,7-8H2,(H,14,15)/t11-,13+/m1/s1. The molecule has 4 heteroatoms. The van der Waals surface area contributed by atoms with Crippen molar-refractivity contribution in [3.8, 4) is 0 Å². The predicted molar refractivity (Wildman–Crippen MR) is 64.3 cm³/mol. The van der Waals surface area contributed by atoms with Crippen molar-refractivity contribution in [2.24, 2.45) is 0 Å². The zero-order chi connectivity index (χ0) is 11.7. The fourth-order valence-electron chi connectivity index (χ4n) is 2.42. The Morgan fingerprint density at radius 3 is 3.12 bits per heavy atom. The Labute approximate surface area is 99.7 Å². The molecule has 0 bridgehead atoms. The van der Waals surface area contributed by atoms with Crippen LogP contribution in [0, 0.1) is 0 Å². The molecule has 1 aliphatic rings. The van der Waals surface area contributed by atoms with E-state index in [-0.39, 0.29) is 12.1 Å². The highest BCUT2D eigenvalue weighted by molar-refractivity contribution is 5.36. The van der Waals surface area contributed by atoms with E-state index in [1.807, 2.05) is 12.1 Å². The number of fused-ring (bicyclic) bond motifs is 1. The Balaban J connectivity index is 1.75. The maximum atomic E-state index is 10.0. The lowest BCUT2D eigenvalue weighted by Crippen LogP contribution is -2.28. The van der Waals surface area contributed by atoms with Gasteiger partial charge in [-0.3, -0.25) is 0 Å². The minimum Gasteiger partial charge on any atom is -0.391 e. The number of hydrogen-bond acceptors (Lipinski definition) is 3. The van der Waals surface area contributed by atoms with Crippen molar-refractivity contribution in [3.63, 3.8) is 0 Å². The van der Waals surface area contributed by atoms with Crippen molar-refractivity contribution in [1.82, 2.24) is 15.3 Å².